The maximum atomic E-state index is 7.55. The van der Waals surface area contributed by atoms with Gasteiger partial charge in [-0.05, 0) is 32.6 Å². The summed E-state index contributed by atoms with van der Waals surface area (Å²) in [5, 5.41) is 12.0. The zero-order valence-electron chi connectivity index (χ0n) is 8.51. The Kier molecular flexibility index (Phi) is 2.27. The Morgan fingerprint density at radius 2 is 2.21 bits per heavy atom. The number of aromatic nitrogens is 2. The number of aryl methyl sites for hydroxylation is 2. The number of amidine groups is 1. The highest BCUT2D eigenvalue weighted by Crippen LogP contribution is 2.23. The smallest absolute Gasteiger partial charge is 0.141 e. The second kappa shape index (κ2) is 3.44. The van der Waals surface area contributed by atoms with Crippen LogP contribution in [0.3, 0.4) is 0 Å². The average Bonchev–Trinajstić information content (AvgIpc) is 2.55. The SMILES string of the molecule is CCn1nc2c(c1C(=N)N)CCCC2. The third kappa shape index (κ3) is 1.31. The standard InChI is InChI=1S/C10H16N4/c1-2-14-9(10(11)12)7-5-3-4-6-8(7)13-14/h2-6H2,1H3,(H3,11,12). The first-order valence-corrected chi connectivity index (χ1v) is 5.17. The summed E-state index contributed by atoms with van der Waals surface area (Å²) in [5.41, 5.74) is 8.80. The molecule has 1 aromatic rings. The molecule has 1 aliphatic rings. The maximum absolute atomic E-state index is 7.55. The Bertz CT molecular complexity index is 364. The first-order valence-electron chi connectivity index (χ1n) is 5.17. The van der Waals surface area contributed by atoms with Crippen molar-refractivity contribution in [3.63, 3.8) is 0 Å². The van der Waals surface area contributed by atoms with Gasteiger partial charge in [-0.25, -0.2) is 0 Å². The van der Waals surface area contributed by atoms with Gasteiger partial charge in [0.25, 0.3) is 0 Å². The first kappa shape index (κ1) is 9.24. The van der Waals surface area contributed by atoms with Crippen molar-refractivity contribution in [2.75, 3.05) is 0 Å². The summed E-state index contributed by atoms with van der Waals surface area (Å²) in [6.45, 7) is 2.83. The van der Waals surface area contributed by atoms with Gasteiger partial charge in [0, 0.05) is 12.1 Å². The molecule has 76 valence electrons. The van der Waals surface area contributed by atoms with Crippen LogP contribution in [0.15, 0.2) is 0 Å². The molecule has 1 heterocycles. The second-order valence-corrected chi connectivity index (χ2v) is 3.71. The average molecular weight is 192 g/mol. The van der Waals surface area contributed by atoms with Crippen molar-refractivity contribution in [3.05, 3.63) is 17.0 Å². The highest BCUT2D eigenvalue weighted by Gasteiger charge is 2.21. The van der Waals surface area contributed by atoms with E-state index in [1.807, 2.05) is 11.6 Å². The van der Waals surface area contributed by atoms with Crippen LogP contribution in [-0.4, -0.2) is 15.6 Å². The normalized spacial score (nSPS) is 15.2. The zero-order valence-corrected chi connectivity index (χ0v) is 8.51. The lowest BCUT2D eigenvalue weighted by Crippen LogP contribution is -2.19. The number of nitrogens with zero attached hydrogens (tertiary/aromatic N) is 2. The summed E-state index contributed by atoms with van der Waals surface area (Å²) in [5.74, 6) is 0.155. The van der Waals surface area contributed by atoms with Crippen molar-refractivity contribution in [3.8, 4) is 0 Å². The monoisotopic (exact) mass is 192 g/mol. The van der Waals surface area contributed by atoms with Gasteiger partial charge in [0.15, 0.2) is 0 Å². The van der Waals surface area contributed by atoms with E-state index in [0.717, 1.165) is 30.8 Å². The van der Waals surface area contributed by atoms with Gasteiger partial charge in [-0.2, -0.15) is 5.10 Å². The molecule has 2 rings (SSSR count). The van der Waals surface area contributed by atoms with E-state index in [-0.39, 0.29) is 5.84 Å². The Balaban J connectivity index is 2.53. The molecule has 14 heavy (non-hydrogen) atoms. The highest BCUT2D eigenvalue weighted by molar-refractivity contribution is 5.95. The van der Waals surface area contributed by atoms with E-state index in [1.54, 1.807) is 0 Å². The Labute approximate surface area is 83.6 Å². The molecule has 1 aromatic heterocycles. The minimum absolute atomic E-state index is 0.155. The molecule has 0 fully saturated rings. The fraction of sp³-hybridized carbons (Fsp3) is 0.600. The predicted octanol–water partition coefficient (Wildman–Crippen LogP) is 1.07. The molecule has 4 heteroatoms. The van der Waals surface area contributed by atoms with Crippen LogP contribution in [-0.2, 0) is 19.4 Å². The number of hydrogen-bond donors (Lipinski definition) is 2. The third-order valence-electron chi connectivity index (χ3n) is 2.78. The van der Waals surface area contributed by atoms with Crippen LogP contribution in [0.2, 0.25) is 0 Å². The molecule has 0 aromatic carbocycles. The van der Waals surface area contributed by atoms with Crippen LogP contribution >= 0.6 is 0 Å². The molecular formula is C10H16N4. The van der Waals surface area contributed by atoms with Crippen molar-refractivity contribution >= 4 is 5.84 Å². The summed E-state index contributed by atoms with van der Waals surface area (Å²) >= 11 is 0. The quantitative estimate of drug-likeness (QED) is 0.543. The molecule has 0 saturated heterocycles. The Hall–Kier alpha value is -1.32. The van der Waals surface area contributed by atoms with Gasteiger partial charge in [-0.3, -0.25) is 10.1 Å². The Morgan fingerprint density at radius 3 is 2.86 bits per heavy atom. The number of nitrogen functional groups attached to an aromatic ring is 1. The van der Waals surface area contributed by atoms with Crippen LogP contribution < -0.4 is 5.73 Å². The molecule has 0 amide bonds. The number of hydrogen-bond acceptors (Lipinski definition) is 2. The number of nitrogens with two attached hydrogens (primary N) is 1. The van der Waals surface area contributed by atoms with Gasteiger partial charge in [-0.1, -0.05) is 0 Å². The van der Waals surface area contributed by atoms with Crippen molar-refractivity contribution in [1.82, 2.24) is 9.78 Å². The maximum Gasteiger partial charge on any atom is 0.141 e. The van der Waals surface area contributed by atoms with Crippen LogP contribution in [0, 0.1) is 5.41 Å². The molecule has 0 unspecified atom stereocenters. The molecule has 0 bridgehead atoms. The Morgan fingerprint density at radius 1 is 1.50 bits per heavy atom. The van der Waals surface area contributed by atoms with E-state index in [0.29, 0.717) is 0 Å². The minimum atomic E-state index is 0.155. The summed E-state index contributed by atoms with van der Waals surface area (Å²) in [4.78, 5) is 0. The van der Waals surface area contributed by atoms with E-state index in [4.69, 9.17) is 11.1 Å². The summed E-state index contributed by atoms with van der Waals surface area (Å²) in [7, 11) is 0. The van der Waals surface area contributed by atoms with E-state index >= 15 is 0 Å². The van der Waals surface area contributed by atoms with Crippen molar-refractivity contribution in [1.29, 1.82) is 5.41 Å². The van der Waals surface area contributed by atoms with Gasteiger partial charge in [0.05, 0.1) is 5.69 Å². The fourth-order valence-corrected chi connectivity index (χ4v) is 2.14. The molecule has 0 atom stereocenters. The summed E-state index contributed by atoms with van der Waals surface area (Å²) < 4.78 is 1.86. The van der Waals surface area contributed by atoms with Crippen molar-refractivity contribution in [2.24, 2.45) is 5.73 Å². The molecule has 0 saturated carbocycles. The summed E-state index contributed by atoms with van der Waals surface area (Å²) in [6, 6.07) is 0. The minimum Gasteiger partial charge on any atom is -0.382 e. The lowest BCUT2D eigenvalue weighted by molar-refractivity contribution is 0.629. The number of fused-ring (bicyclic) bond motifs is 1. The molecule has 4 nitrogen and oxygen atoms in total. The van der Waals surface area contributed by atoms with E-state index < -0.39 is 0 Å². The van der Waals surface area contributed by atoms with Crippen LogP contribution in [0.4, 0.5) is 0 Å². The molecule has 0 aliphatic heterocycles. The third-order valence-corrected chi connectivity index (χ3v) is 2.78. The first-order chi connectivity index (χ1) is 6.74. The molecular weight excluding hydrogens is 176 g/mol. The molecule has 0 radical (unpaired) electrons. The lowest BCUT2D eigenvalue weighted by Gasteiger charge is -2.10. The van der Waals surface area contributed by atoms with Gasteiger partial charge in [0.1, 0.15) is 11.5 Å². The summed E-state index contributed by atoms with van der Waals surface area (Å²) in [6.07, 6.45) is 4.49. The van der Waals surface area contributed by atoms with Crippen LogP contribution in [0.25, 0.3) is 0 Å². The topological polar surface area (TPSA) is 67.7 Å². The van der Waals surface area contributed by atoms with Gasteiger partial charge < -0.3 is 5.73 Å². The van der Waals surface area contributed by atoms with Crippen LogP contribution in [0.5, 0.6) is 0 Å². The van der Waals surface area contributed by atoms with Gasteiger partial charge in [0.2, 0.25) is 0 Å². The van der Waals surface area contributed by atoms with Crippen molar-refractivity contribution < 1.29 is 0 Å². The lowest BCUT2D eigenvalue weighted by atomic mass is 9.95. The predicted molar refractivity (Wildman–Crippen MR) is 55.6 cm³/mol. The number of rotatable bonds is 2. The van der Waals surface area contributed by atoms with E-state index in [9.17, 15) is 0 Å². The second-order valence-electron chi connectivity index (χ2n) is 3.71. The van der Waals surface area contributed by atoms with E-state index in [1.165, 1.54) is 18.4 Å². The molecule has 1 aliphatic carbocycles. The number of nitrogens with one attached hydrogen (secondary N) is 1. The highest BCUT2D eigenvalue weighted by atomic mass is 15.3. The van der Waals surface area contributed by atoms with Gasteiger partial charge in [-0.15, -0.1) is 0 Å². The van der Waals surface area contributed by atoms with Gasteiger partial charge >= 0.3 is 0 Å². The zero-order chi connectivity index (χ0) is 10.1. The molecule has 3 N–H and O–H groups in total. The molecule has 0 spiro atoms. The fourth-order valence-electron chi connectivity index (χ4n) is 2.14. The van der Waals surface area contributed by atoms with Crippen molar-refractivity contribution in [2.45, 2.75) is 39.2 Å². The van der Waals surface area contributed by atoms with Crippen LogP contribution in [0.1, 0.15) is 36.7 Å². The largest absolute Gasteiger partial charge is 0.382 e. The van der Waals surface area contributed by atoms with E-state index in [2.05, 4.69) is 5.10 Å².